The molecule has 2 aromatic carbocycles. The highest BCUT2D eigenvalue weighted by Crippen LogP contribution is 2.28. The smallest absolute Gasteiger partial charge is 0.244 e. The van der Waals surface area contributed by atoms with E-state index in [-0.39, 0.29) is 24.4 Å². The van der Waals surface area contributed by atoms with E-state index in [9.17, 15) is 18.0 Å². The first-order valence-corrected chi connectivity index (χ1v) is 15.0. The summed E-state index contributed by atoms with van der Waals surface area (Å²) in [4.78, 5) is 28.4. The number of hydrogen-bond donors (Lipinski definition) is 1. The first-order chi connectivity index (χ1) is 17.3. The first-order valence-electron chi connectivity index (χ1n) is 12.4. The number of rotatable bonds is 12. The molecular weight excluding hydrogens is 533 g/mol. The van der Waals surface area contributed by atoms with Gasteiger partial charge in [0.15, 0.2) is 0 Å². The van der Waals surface area contributed by atoms with Gasteiger partial charge in [-0.3, -0.25) is 13.9 Å². The first kappa shape index (κ1) is 30.9. The van der Waals surface area contributed by atoms with Crippen molar-refractivity contribution in [1.82, 2.24) is 10.2 Å². The van der Waals surface area contributed by atoms with E-state index in [4.69, 9.17) is 23.2 Å². The molecule has 2 rings (SSSR count). The van der Waals surface area contributed by atoms with E-state index in [0.29, 0.717) is 27.7 Å². The van der Waals surface area contributed by atoms with E-state index in [1.807, 2.05) is 39.8 Å². The Labute approximate surface area is 231 Å². The third kappa shape index (κ3) is 8.35. The molecule has 0 aromatic heterocycles. The van der Waals surface area contributed by atoms with Gasteiger partial charge in [-0.15, -0.1) is 0 Å². The van der Waals surface area contributed by atoms with Gasteiger partial charge in [0.1, 0.15) is 12.6 Å². The third-order valence-electron chi connectivity index (χ3n) is 6.30. The Kier molecular flexibility index (Phi) is 11.3. The minimum atomic E-state index is -3.81. The summed E-state index contributed by atoms with van der Waals surface area (Å²) in [5, 5.41) is 3.64. The standard InChI is InChI=1S/C27H37Cl2N3O4S/c1-7-19(5)30-27(34)25(8-2)31(16-22-23(28)10-9-11-24(22)29)26(33)17-32(37(6,35)36)21-14-12-20(13-15-21)18(3)4/h9-15,18-19,25H,7-8,16-17H2,1-6H3,(H,30,34)/t19-,25+/m1/s1. The molecule has 0 radical (unpaired) electrons. The van der Waals surface area contributed by atoms with Crippen LogP contribution in [0.15, 0.2) is 42.5 Å². The van der Waals surface area contributed by atoms with Crippen molar-refractivity contribution in [1.29, 1.82) is 0 Å². The molecule has 0 aliphatic rings. The predicted octanol–water partition coefficient (Wildman–Crippen LogP) is 5.60. The molecule has 0 bridgehead atoms. The highest BCUT2D eigenvalue weighted by molar-refractivity contribution is 7.92. The lowest BCUT2D eigenvalue weighted by Crippen LogP contribution is -2.53. The highest BCUT2D eigenvalue weighted by Gasteiger charge is 2.33. The fourth-order valence-electron chi connectivity index (χ4n) is 3.85. The van der Waals surface area contributed by atoms with Crippen molar-refractivity contribution < 1.29 is 18.0 Å². The SMILES string of the molecule is CC[C@@H](C)NC(=O)[C@H](CC)N(Cc1c(Cl)cccc1Cl)C(=O)CN(c1ccc(C(C)C)cc1)S(C)(=O)=O. The number of carbonyl (C=O) groups is 2. The van der Waals surface area contributed by atoms with Gasteiger partial charge >= 0.3 is 0 Å². The molecule has 2 aromatic rings. The Morgan fingerprint density at radius 2 is 1.51 bits per heavy atom. The Bertz CT molecular complexity index is 1170. The zero-order valence-corrected chi connectivity index (χ0v) is 24.6. The quantitative estimate of drug-likeness (QED) is 0.360. The summed E-state index contributed by atoms with van der Waals surface area (Å²) in [6.45, 7) is 9.19. The van der Waals surface area contributed by atoms with E-state index >= 15 is 0 Å². The summed E-state index contributed by atoms with van der Waals surface area (Å²) < 4.78 is 26.6. The molecule has 0 unspecified atom stereocenters. The van der Waals surface area contributed by atoms with Crippen molar-refractivity contribution in [3.05, 3.63) is 63.6 Å². The molecule has 0 aliphatic carbocycles. The van der Waals surface area contributed by atoms with Crippen molar-refractivity contribution in [2.45, 2.75) is 72.0 Å². The summed E-state index contributed by atoms with van der Waals surface area (Å²) in [7, 11) is -3.81. The van der Waals surface area contributed by atoms with Gasteiger partial charge in [-0.25, -0.2) is 8.42 Å². The summed E-state index contributed by atoms with van der Waals surface area (Å²) >= 11 is 12.8. The van der Waals surface area contributed by atoms with Crippen LogP contribution in [0, 0.1) is 0 Å². The summed E-state index contributed by atoms with van der Waals surface area (Å²) in [6, 6.07) is 11.1. The third-order valence-corrected chi connectivity index (χ3v) is 8.15. The van der Waals surface area contributed by atoms with Crippen LogP contribution >= 0.6 is 23.2 Å². The zero-order valence-electron chi connectivity index (χ0n) is 22.3. The molecule has 0 heterocycles. The van der Waals surface area contributed by atoms with Gasteiger partial charge in [-0.05, 0) is 55.5 Å². The monoisotopic (exact) mass is 569 g/mol. The largest absolute Gasteiger partial charge is 0.352 e. The number of carbonyl (C=O) groups excluding carboxylic acids is 2. The van der Waals surface area contributed by atoms with Crippen LogP contribution < -0.4 is 9.62 Å². The van der Waals surface area contributed by atoms with E-state index in [1.165, 1.54) is 4.90 Å². The minimum Gasteiger partial charge on any atom is -0.352 e. The predicted molar refractivity (Wildman–Crippen MR) is 152 cm³/mol. The van der Waals surface area contributed by atoms with Crippen LogP contribution in [0.4, 0.5) is 5.69 Å². The molecule has 2 amide bonds. The summed E-state index contributed by atoms with van der Waals surface area (Å²) in [5.74, 6) is -0.589. The lowest BCUT2D eigenvalue weighted by atomic mass is 10.0. The highest BCUT2D eigenvalue weighted by atomic mass is 35.5. The number of halogens is 2. The molecule has 0 saturated heterocycles. The maximum atomic E-state index is 13.8. The number of sulfonamides is 1. The lowest BCUT2D eigenvalue weighted by Gasteiger charge is -2.33. The van der Waals surface area contributed by atoms with Gasteiger partial charge in [0.2, 0.25) is 21.8 Å². The molecule has 37 heavy (non-hydrogen) atoms. The fraction of sp³-hybridized carbons (Fsp3) is 0.481. The van der Waals surface area contributed by atoms with E-state index < -0.39 is 28.5 Å². The van der Waals surface area contributed by atoms with Crippen molar-refractivity contribution in [3.63, 3.8) is 0 Å². The van der Waals surface area contributed by atoms with Crippen LogP contribution in [-0.4, -0.2) is 50.0 Å². The molecule has 7 nitrogen and oxygen atoms in total. The summed E-state index contributed by atoms with van der Waals surface area (Å²) in [6.07, 6.45) is 2.09. The second-order valence-electron chi connectivity index (χ2n) is 9.48. The molecule has 2 atom stereocenters. The normalized spacial score (nSPS) is 13.2. The van der Waals surface area contributed by atoms with Crippen molar-refractivity contribution in [2.75, 3.05) is 17.1 Å². The topological polar surface area (TPSA) is 86.8 Å². The lowest BCUT2D eigenvalue weighted by molar-refractivity contribution is -0.140. The number of nitrogens with zero attached hydrogens (tertiary/aromatic N) is 2. The molecule has 0 spiro atoms. The molecule has 10 heteroatoms. The Morgan fingerprint density at radius 1 is 0.946 bits per heavy atom. The molecule has 1 N–H and O–H groups in total. The maximum absolute atomic E-state index is 13.8. The molecule has 0 aliphatic heterocycles. The van der Waals surface area contributed by atoms with Gasteiger partial charge in [0.05, 0.1) is 11.9 Å². The molecular formula is C27H37Cl2N3O4S. The van der Waals surface area contributed by atoms with Gasteiger partial charge in [0, 0.05) is 28.2 Å². The number of nitrogens with one attached hydrogen (secondary N) is 1. The second-order valence-corrected chi connectivity index (χ2v) is 12.2. The molecule has 0 saturated carbocycles. The second kappa shape index (κ2) is 13.5. The number of benzene rings is 2. The van der Waals surface area contributed by atoms with Gasteiger partial charge < -0.3 is 10.2 Å². The number of amides is 2. The van der Waals surface area contributed by atoms with Crippen molar-refractivity contribution >= 4 is 50.7 Å². The van der Waals surface area contributed by atoms with Gasteiger partial charge in [-0.1, -0.05) is 69.1 Å². The van der Waals surface area contributed by atoms with Gasteiger partial charge in [-0.2, -0.15) is 0 Å². The zero-order chi connectivity index (χ0) is 27.9. The number of hydrogen-bond acceptors (Lipinski definition) is 4. The van der Waals surface area contributed by atoms with E-state index in [0.717, 1.165) is 22.5 Å². The van der Waals surface area contributed by atoms with Gasteiger partial charge in [0.25, 0.3) is 0 Å². The molecule has 204 valence electrons. The average Bonchev–Trinajstić information content (AvgIpc) is 2.83. The minimum absolute atomic E-state index is 0.0480. The van der Waals surface area contributed by atoms with Crippen LogP contribution in [0.1, 0.15) is 64.5 Å². The number of anilines is 1. The van der Waals surface area contributed by atoms with Crippen LogP contribution in [0.25, 0.3) is 0 Å². The van der Waals surface area contributed by atoms with E-state index in [2.05, 4.69) is 5.32 Å². The maximum Gasteiger partial charge on any atom is 0.244 e. The van der Waals surface area contributed by atoms with Crippen LogP contribution in [-0.2, 0) is 26.2 Å². The Balaban J connectivity index is 2.50. The van der Waals surface area contributed by atoms with E-state index in [1.54, 1.807) is 37.3 Å². The van der Waals surface area contributed by atoms with Crippen LogP contribution in [0.5, 0.6) is 0 Å². The Morgan fingerprint density at radius 3 is 1.97 bits per heavy atom. The average molecular weight is 571 g/mol. The summed E-state index contributed by atoms with van der Waals surface area (Å²) in [5.41, 5.74) is 1.90. The molecule has 0 fully saturated rings. The fourth-order valence-corrected chi connectivity index (χ4v) is 5.22. The van der Waals surface area contributed by atoms with Crippen molar-refractivity contribution in [2.24, 2.45) is 0 Å². The van der Waals surface area contributed by atoms with Crippen molar-refractivity contribution in [3.8, 4) is 0 Å². The van der Waals surface area contributed by atoms with Crippen LogP contribution in [0.2, 0.25) is 10.0 Å². The Hall–Kier alpha value is -2.29. The van der Waals surface area contributed by atoms with Crippen LogP contribution in [0.3, 0.4) is 0 Å².